The number of aliphatic hydroxyl groups is 1. The number of aryl methyl sites for hydroxylation is 1. The number of aliphatic hydroxyl groups excluding tert-OH is 1. The van der Waals surface area contributed by atoms with Crippen molar-refractivity contribution in [1.29, 1.82) is 0 Å². The molecule has 106 valence electrons. The molecular weight excluding hydrogens is 274 g/mol. The maximum Gasteiger partial charge on any atom is 0.265 e. The minimum absolute atomic E-state index is 0.128. The van der Waals surface area contributed by atoms with Gasteiger partial charge in [-0.2, -0.15) is 0 Å². The van der Waals surface area contributed by atoms with E-state index in [1.54, 1.807) is 24.3 Å². The minimum atomic E-state index is -0.142. The smallest absolute Gasteiger partial charge is 0.265 e. The van der Waals surface area contributed by atoms with Gasteiger partial charge < -0.3 is 15.2 Å². The molecule has 0 saturated heterocycles. The minimum Gasteiger partial charge on any atom is -0.494 e. The van der Waals surface area contributed by atoms with Gasteiger partial charge in [-0.15, -0.1) is 11.3 Å². The first kappa shape index (κ1) is 14.6. The Morgan fingerprint density at radius 1 is 1.35 bits per heavy atom. The maximum atomic E-state index is 12.0. The summed E-state index contributed by atoms with van der Waals surface area (Å²) in [4.78, 5) is 13.8. The van der Waals surface area contributed by atoms with Crippen LogP contribution in [0.2, 0.25) is 0 Å². The van der Waals surface area contributed by atoms with Crippen LogP contribution in [0.4, 0.5) is 5.69 Å². The van der Waals surface area contributed by atoms with Gasteiger partial charge in [0.15, 0.2) is 0 Å². The molecule has 1 heterocycles. The van der Waals surface area contributed by atoms with Crippen LogP contribution >= 0.6 is 11.3 Å². The molecule has 1 aromatic heterocycles. The van der Waals surface area contributed by atoms with E-state index < -0.39 is 0 Å². The van der Waals surface area contributed by atoms with Crippen LogP contribution in [0.5, 0.6) is 5.75 Å². The molecule has 2 N–H and O–H groups in total. The lowest BCUT2D eigenvalue weighted by molar-refractivity contribution is 0.103. The second kappa shape index (κ2) is 6.54. The number of hydrogen-bond acceptors (Lipinski definition) is 4. The third-order valence-corrected chi connectivity index (χ3v) is 3.75. The quantitative estimate of drug-likeness (QED) is 0.889. The van der Waals surface area contributed by atoms with Crippen molar-refractivity contribution >= 4 is 22.9 Å². The zero-order chi connectivity index (χ0) is 14.5. The molecule has 0 radical (unpaired) electrons. The Labute approximate surface area is 122 Å². The van der Waals surface area contributed by atoms with Gasteiger partial charge in [0.25, 0.3) is 5.91 Å². The van der Waals surface area contributed by atoms with E-state index in [2.05, 4.69) is 5.32 Å². The molecule has 2 aromatic rings. The molecule has 1 amide bonds. The summed E-state index contributed by atoms with van der Waals surface area (Å²) in [5, 5.41) is 12.2. The van der Waals surface area contributed by atoms with Gasteiger partial charge in [-0.25, -0.2) is 0 Å². The van der Waals surface area contributed by atoms with Gasteiger partial charge in [-0.1, -0.05) is 0 Å². The van der Waals surface area contributed by atoms with E-state index >= 15 is 0 Å². The van der Waals surface area contributed by atoms with Crippen molar-refractivity contribution in [1.82, 2.24) is 0 Å². The first-order valence-corrected chi connectivity index (χ1v) is 7.20. The summed E-state index contributed by atoms with van der Waals surface area (Å²) in [5.41, 5.74) is 1.31. The maximum absolute atomic E-state index is 12.0. The molecule has 0 saturated carbocycles. The summed E-state index contributed by atoms with van der Waals surface area (Å²) < 4.78 is 5.41. The fraction of sp³-hybridized carbons (Fsp3) is 0.267. The van der Waals surface area contributed by atoms with E-state index in [1.807, 2.05) is 19.9 Å². The van der Waals surface area contributed by atoms with Crippen LogP contribution < -0.4 is 10.1 Å². The zero-order valence-corrected chi connectivity index (χ0v) is 12.3. The summed E-state index contributed by atoms with van der Waals surface area (Å²) in [6.07, 6.45) is 0. The van der Waals surface area contributed by atoms with Crippen molar-refractivity contribution in [3.8, 4) is 5.75 Å². The van der Waals surface area contributed by atoms with E-state index in [0.717, 1.165) is 4.88 Å². The molecule has 20 heavy (non-hydrogen) atoms. The van der Waals surface area contributed by atoms with Gasteiger partial charge in [-0.05, 0) is 44.2 Å². The zero-order valence-electron chi connectivity index (χ0n) is 11.5. The number of anilines is 1. The van der Waals surface area contributed by atoms with Gasteiger partial charge in [0.1, 0.15) is 5.75 Å². The Hall–Kier alpha value is -1.85. The number of amides is 1. The number of nitrogens with one attached hydrogen (secondary N) is 1. The fourth-order valence-electron chi connectivity index (χ4n) is 1.83. The molecule has 0 unspecified atom stereocenters. The normalized spacial score (nSPS) is 10.3. The van der Waals surface area contributed by atoms with E-state index in [1.165, 1.54) is 11.3 Å². The highest BCUT2D eigenvalue weighted by molar-refractivity contribution is 7.14. The summed E-state index contributed by atoms with van der Waals surface area (Å²) in [7, 11) is 0. The Kier molecular flexibility index (Phi) is 4.76. The topological polar surface area (TPSA) is 58.6 Å². The van der Waals surface area contributed by atoms with Gasteiger partial charge in [-0.3, -0.25) is 4.79 Å². The Morgan fingerprint density at radius 3 is 2.75 bits per heavy atom. The molecule has 0 atom stereocenters. The molecule has 4 nitrogen and oxygen atoms in total. The van der Waals surface area contributed by atoms with E-state index in [9.17, 15) is 9.90 Å². The van der Waals surface area contributed by atoms with Crippen LogP contribution in [0.25, 0.3) is 0 Å². The lowest BCUT2D eigenvalue weighted by Gasteiger charge is -2.11. The number of hydrogen-bond donors (Lipinski definition) is 2. The number of carbonyl (C=O) groups is 1. The average Bonchev–Trinajstić information content (AvgIpc) is 2.87. The standard InChI is InChI=1S/C15H17NO3S/c1-3-19-13-6-5-12(8-11(13)9-17)16-15(18)14-7-4-10(2)20-14/h4-8,17H,3,9H2,1-2H3,(H,16,18). The SMILES string of the molecule is CCOc1ccc(NC(=O)c2ccc(C)s2)cc1CO. The number of rotatable bonds is 5. The Bertz CT molecular complexity index is 607. The van der Waals surface area contributed by atoms with Gasteiger partial charge in [0.05, 0.1) is 18.1 Å². The first-order chi connectivity index (χ1) is 9.63. The first-order valence-electron chi connectivity index (χ1n) is 6.38. The van der Waals surface area contributed by atoms with Crippen LogP contribution in [0.3, 0.4) is 0 Å². The second-order valence-electron chi connectivity index (χ2n) is 4.28. The molecule has 1 aromatic carbocycles. The predicted molar refractivity (Wildman–Crippen MR) is 80.5 cm³/mol. The van der Waals surface area contributed by atoms with Crippen molar-refractivity contribution in [3.05, 3.63) is 45.6 Å². The van der Waals surface area contributed by atoms with Crippen molar-refractivity contribution in [3.63, 3.8) is 0 Å². The highest BCUT2D eigenvalue weighted by atomic mass is 32.1. The van der Waals surface area contributed by atoms with Crippen LogP contribution in [-0.2, 0) is 6.61 Å². The average molecular weight is 291 g/mol. The molecular formula is C15H17NO3S. The molecule has 0 bridgehead atoms. The van der Waals surface area contributed by atoms with Crippen LogP contribution in [-0.4, -0.2) is 17.6 Å². The molecule has 5 heteroatoms. The monoisotopic (exact) mass is 291 g/mol. The highest BCUT2D eigenvalue weighted by Gasteiger charge is 2.10. The number of benzene rings is 1. The molecule has 0 aliphatic heterocycles. The van der Waals surface area contributed by atoms with E-state index in [4.69, 9.17) is 4.74 Å². The van der Waals surface area contributed by atoms with Crippen LogP contribution in [0.1, 0.15) is 27.0 Å². The number of thiophene rings is 1. The van der Waals surface area contributed by atoms with Crippen molar-refractivity contribution in [2.24, 2.45) is 0 Å². The Balaban J connectivity index is 2.15. The molecule has 0 spiro atoms. The van der Waals surface area contributed by atoms with Gasteiger partial charge in [0, 0.05) is 16.1 Å². The third kappa shape index (κ3) is 3.37. The van der Waals surface area contributed by atoms with Gasteiger partial charge in [0.2, 0.25) is 0 Å². The molecule has 0 aliphatic rings. The molecule has 0 aliphatic carbocycles. The van der Waals surface area contributed by atoms with E-state index in [-0.39, 0.29) is 12.5 Å². The third-order valence-electron chi connectivity index (χ3n) is 2.75. The fourth-order valence-corrected chi connectivity index (χ4v) is 2.59. The van der Waals surface area contributed by atoms with E-state index in [0.29, 0.717) is 28.5 Å². The summed E-state index contributed by atoms with van der Waals surface area (Å²) in [6, 6.07) is 8.96. The summed E-state index contributed by atoms with van der Waals surface area (Å²) in [6.45, 7) is 4.25. The van der Waals surface area contributed by atoms with Crippen molar-refractivity contribution in [2.45, 2.75) is 20.5 Å². The number of ether oxygens (including phenoxy) is 1. The molecule has 0 fully saturated rings. The predicted octanol–water partition coefficient (Wildman–Crippen LogP) is 3.20. The highest BCUT2D eigenvalue weighted by Crippen LogP contribution is 2.24. The summed E-state index contributed by atoms with van der Waals surface area (Å²) >= 11 is 1.45. The lowest BCUT2D eigenvalue weighted by atomic mass is 10.2. The summed E-state index contributed by atoms with van der Waals surface area (Å²) in [5.74, 6) is 0.496. The van der Waals surface area contributed by atoms with Crippen molar-refractivity contribution < 1.29 is 14.6 Å². The van der Waals surface area contributed by atoms with Crippen molar-refractivity contribution in [2.75, 3.05) is 11.9 Å². The van der Waals surface area contributed by atoms with Gasteiger partial charge >= 0.3 is 0 Å². The lowest BCUT2D eigenvalue weighted by Crippen LogP contribution is -2.10. The second-order valence-corrected chi connectivity index (χ2v) is 5.57. The number of carbonyl (C=O) groups excluding carboxylic acids is 1. The largest absolute Gasteiger partial charge is 0.494 e. The Morgan fingerprint density at radius 2 is 2.15 bits per heavy atom. The van der Waals surface area contributed by atoms with Crippen LogP contribution in [0.15, 0.2) is 30.3 Å². The molecule has 2 rings (SSSR count). The van der Waals surface area contributed by atoms with Crippen LogP contribution in [0, 0.1) is 6.92 Å².